The van der Waals surface area contributed by atoms with Gasteiger partial charge in [-0.15, -0.1) is 6.42 Å². The van der Waals surface area contributed by atoms with Gasteiger partial charge in [-0.2, -0.15) is 0 Å². The molecule has 1 aromatic carbocycles. The van der Waals surface area contributed by atoms with Gasteiger partial charge in [0.25, 0.3) is 5.91 Å². The molecule has 1 radical (unpaired) electrons. The number of aromatic nitrogens is 3. The van der Waals surface area contributed by atoms with Crippen LogP contribution in [0.3, 0.4) is 0 Å². The first-order valence-electron chi connectivity index (χ1n) is 15.5. The maximum absolute atomic E-state index is 13.4. The van der Waals surface area contributed by atoms with E-state index in [0.29, 0.717) is 12.1 Å². The van der Waals surface area contributed by atoms with Gasteiger partial charge in [-0.05, 0) is 73.1 Å². The lowest BCUT2D eigenvalue weighted by Gasteiger charge is -2.28. The summed E-state index contributed by atoms with van der Waals surface area (Å²) in [5.74, 6) is 4.59. The van der Waals surface area contributed by atoms with Crippen molar-refractivity contribution in [2.24, 2.45) is 11.3 Å². The fourth-order valence-electron chi connectivity index (χ4n) is 6.86. The first-order chi connectivity index (χ1) is 20.8. The first-order valence-corrected chi connectivity index (χ1v) is 15.5. The molecule has 0 bridgehead atoms. The molecule has 3 aromatic rings. The highest BCUT2D eigenvalue weighted by Crippen LogP contribution is 2.47. The largest absolute Gasteiger partial charge is 0.355 e. The van der Waals surface area contributed by atoms with Crippen LogP contribution < -0.4 is 20.8 Å². The molecule has 1 fully saturated rings. The zero-order valence-electron chi connectivity index (χ0n) is 25.3. The van der Waals surface area contributed by atoms with Crippen molar-refractivity contribution in [2.45, 2.75) is 58.3 Å². The van der Waals surface area contributed by atoms with Crippen LogP contribution in [0.2, 0.25) is 0 Å². The highest BCUT2D eigenvalue weighted by Gasteiger charge is 2.38. The number of carbonyl (C=O) groups excluding carboxylic acids is 1. The summed E-state index contributed by atoms with van der Waals surface area (Å²) in [6.07, 6.45) is 21.3. The summed E-state index contributed by atoms with van der Waals surface area (Å²) in [4.78, 5) is 30.2. The molecule has 3 aliphatic carbocycles. The number of nitrogens with zero attached hydrogens (tertiary/aromatic N) is 4. The Kier molecular flexibility index (Phi) is 6.73. The first kappa shape index (κ1) is 27.6. The number of benzene rings is 1. The molecule has 1 amide bonds. The highest BCUT2D eigenvalue weighted by atomic mass is 16.1. The Morgan fingerprint density at radius 1 is 1.14 bits per heavy atom. The Morgan fingerprint density at radius 2 is 2.02 bits per heavy atom. The van der Waals surface area contributed by atoms with E-state index in [4.69, 9.17) is 16.4 Å². The molecule has 1 unspecified atom stereocenters. The van der Waals surface area contributed by atoms with E-state index in [2.05, 4.69) is 72.6 Å². The van der Waals surface area contributed by atoms with Crippen molar-refractivity contribution in [3.05, 3.63) is 87.6 Å². The van der Waals surface area contributed by atoms with Crippen LogP contribution in [0.1, 0.15) is 67.9 Å². The Hall–Kier alpha value is -4.24. The predicted octanol–water partition coefficient (Wildman–Crippen LogP) is 4.53. The number of fused-ring (bicyclic) bond motifs is 2. The second-order valence-corrected chi connectivity index (χ2v) is 13.2. The van der Waals surface area contributed by atoms with Crippen molar-refractivity contribution in [3.8, 4) is 23.7 Å². The molecular formula is C37H38N5O. The summed E-state index contributed by atoms with van der Waals surface area (Å²) in [5, 5.41) is 5.23. The molecular weight excluding hydrogens is 530 g/mol. The fourth-order valence-corrected chi connectivity index (χ4v) is 6.86. The second-order valence-electron chi connectivity index (χ2n) is 13.2. The zero-order chi connectivity index (χ0) is 29.8. The number of hydrogen-bond acceptors (Lipinski definition) is 5. The SMILES string of the molecule is C#C[C@]1(C)CC2=C([CH]2)Cc2ccc(C(=O)NCC3(C)C=c4nc(-c5cncc(N6CC[C@@H](CC)C6)n5)ccc4=CC3)cc21. The number of allylic oxidation sites excluding steroid dienone is 2. The van der Waals surface area contributed by atoms with Crippen molar-refractivity contribution in [1.29, 1.82) is 0 Å². The van der Waals surface area contributed by atoms with E-state index < -0.39 is 5.41 Å². The van der Waals surface area contributed by atoms with Crippen LogP contribution in [0.5, 0.6) is 0 Å². The van der Waals surface area contributed by atoms with Crippen molar-refractivity contribution in [2.75, 3.05) is 24.5 Å². The minimum Gasteiger partial charge on any atom is -0.355 e. The molecule has 43 heavy (non-hydrogen) atoms. The Labute approximate surface area is 254 Å². The topological polar surface area (TPSA) is 71.0 Å². The number of rotatable bonds is 6. The summed E-state index contributed by atoms with van der Waals surface area (Å²) < 4.78 is 0. The van der Waals surface area contributed by atoms with Crippen LogP contribution in [-0.2, 0) is 11.8 Å². The number of hydrogen-bond donors (Lipinski definition) is 1. The van der Waals surface area contributed by atoms with Gasteiger partial charge in [0, 0.05) is 37.0 Å². The molecule has 0 spiro atoms. The van der Waals surface area contributed by atoms with Crippen molar-refractivity contribution in [3.63, 3.8) is 0 Å². The summed E-state index contributed by atoms with van der Waals surface area (Å²) in [5.41, 5.74) is 6.65. The molecule has 4 aliphatic rings. The fraction of sp³-hybridized carbons (Fsp3) is 0.378. The van der Waals surface area contributed by atoms with Gasteiger partial charge in [-0.1, -0.05) is 61.6 Å². The van der Waals surface area contributed by atoms with Crippen LogP contribution in [0, 0.1) is 30.1 Å². The summed E-state index contributed by atoms with van der Waals surface area (Å²) >= 11 is 0. The number of carbonyl (C=O) groups is 1. The number of pyridine rings is 1. The normalized spacial score (nSPS) is 25.3. The molecule has 6 heteroatoms. The maximum Gasteiger partial charge on any atom is 0.251 e. The van der Waals surface area contributed by atoms with Crippen LogP contribution >= 0.6 is 0 Å². The number of amides is 1. The van der Waals surface area contributed by atoms with Crippen LogP contribution in [0.25, 0.3) is 23.5 Å². The maximum atomic E-state index is 13.4. The second kappa shape index (κ2) is 10.5. The zero-order valence-corrected chi connectivity index (χ0v) is 25.3. The van der Waals surface area contributed by atoms with E-state index in [1.807, 2.05) is 24.4 Å². The Bertz CT molecular complexity index is 1830. The minimum atomic E-state index is -0.406. The van der Waals surface area contributed by atoms with Crippen LogP contribution in [0.4, 0.5) is 5.82 Å². The number of terminal acetylenes is 1. The van der Waals surface area contributed by atoms with E-state index in [9.17, 15) is 4.79 Å². The molecule has 1 aliphatic heterocycles. The molecule has 7 rings (SSSR count). The van der Waals surface area contributed by atoms with E-state index >= 15 is 0 Å². The average molecular weight is 569 g/mol. The predicted molar refractivity (Wildman–Crippen MR) is 171 cm³/mol. The highest BCUT2D eigenvalue weighted by molar-refractivity contribution is 5.94. The van der Waals surface area contributed by atoms with Crippen molar-refractivity contribution >= 4 is 23.9 Å². The van der Waals surface area contributed by atoms with Gasteiger partial charge in [-0.25, -0.2) is 9.97 Å². The minimum absolute atomic E-state index is 0.0788. The summed E-state index contributed by atoms with van der Waals surface area (Å²) in [7, 11) is 0. The molecule has 3 atom stereocenters. The molecule has 6 nitrogen and oxygen atoms in total. The molecule has 2 aromatic heterocycles. The number of anilines is 1. The quantitative estimate of drug-likeness (QED) is 0.443. The van der Waals surface area contributed by atoms with E-state index in [0.717, 1.165) is 71.6 Å². The van der Waals surface area contributed by atoms with Crippen LogP contribution in [0.15, 0.2) is 53.9 Å². The van der Waals surface area contributed by atoms with Gasteiger partial charge in [0.05, 0.1) is 28.9 Å². The number of nitrogens with one attached hydrogen (secondary N) is 1. The van der Waals surface area contributed by atoms with Gasteiger partial charge in [0.15, 0.2) is 0 Å². The van der Waals surface area contributed by atoms with E-state index in [1.165, 1.54) is 29.6 Å². The van der Waals surface area contributed by atoms with E-state index in [-0.39, 0.29) is 11.3 Å². The monoisotopic (exact) mass is 568 g/mol. The third-order valence-electron chi connectivity index (χ3n) is 9.84. The molecule has 3 heterocycles. The van der Waals surface area contributed by atoms with Gasteiger partial charge in [-0.3, -0.25) is 9.78 Å². The Balaban J connectivity index is 1.09. The third kappa shape index (κ3) is 5.27. The molecule has 1 saturated heterocycles. The summed E-state index contributed by atoms with van der Waals surface area (Å²) in [6.45, 7) is 9.09. The third-order valence-corrected chi connectivity index (χ3v) is 9.84. The van der Waals surface area contributed by atoms with Gasteiger partial charge in [0.2, 0.25) is 0 Å². The lowest BCUT2D eigenvalue weighted by molar-refractivity contribution is 0.0943. The standard InChI is InChI=1S/C37H38N5O/c1-5-24-12-14-42(22-24)34-21-38-20-33(41-34)31-10-9-25-11-13-36(3,19-32(25)40-31)23-39-35(43)27-8-7-26-15-28-16-29(28)18-37(4,6-2)30(26)17-27/h2,7-11,16-17,19-21,24H,5,12-15,18,22-23H2,1,3-4H3,(H,39,43)/t24-,36?,37-/m1/s1. The Morgan fingerprint density at radius 3 is 2.84 bits per heavy atom. The van der Waals surface area contributed by atoms with Gasteiger partial charge in [0.1, 0.15) is 11.5 Å². The lowest BCUT2D eigenvalue weighted by Crippen LogP contribution is -2.41. The lowest BCUT2D eigenvalue weighted by atomic mass is 9.76. The summed E-state index contributed by atoms with van der Waals surface area (Å²) in [6, 6.07) is 10.2. The average Bonchev–Trinajstić information content (AvgIpc) is 3.58. The van der Waals surface area contributed by atoms with Crippen molar-refractivity contribution in [1.82, 2.24) is 20.3 Å². The molecule has 217 valence electrons. The van der Waals surface area contributed by atoms with Gasteiger partial charge < -0.3 is 10.2 Å². The van der Waals surface area contributed by atoms with Gasteiger partial charge >= 0.3 is 0 Å². The molecule has 1 N–H and O–H groups in total. The van der Waals surface area contributed by atoms with E-state index in [1.54, 1.807) is 6.20 Å². The van der Waals surface area contributed by atoms with Crippen molar-refractivity contribution < 1.29 is 4.79 Å². The smallest absolute Gasteiger partial charge is 0.251 e. The van der Waals surface area contributed by atoms with Crippen LogP contribution in [-0.4, -0.2) is 40.5 Å². The molecule has 0 saturated carbocycles.